The molecule has 0 bridgehead atoms. The van der Waals surface area contributed by atoms with E-state index in [4.69, 9.17) is 9.47 Å². The van der Waals surface area contributed by atoms with Gasteiger partial charge in [0.1, 0.15) is 25.9 Å². The molecule has 0 saturated carbocycles. The standard InChI is InChI=1S/C14H22N2O6/c1-11(2)15-9-12(17)10-21-14-6-4-3-5-13(14)20-7-8-22-16(18)19/h3-6,11-12,15,17H,7-10H2,1-2H3. The fourth-order valence-corrected chi connectivity index (χ4v) is 1.57. The summed E-state index contributed by atoms with van der Waals surface area (Å²) in [5.74, 6) is 0.908. The molecule has 0 aliphatic rings. The monoisotopic (exact) mass is 314 g/mol. The van der Waals surface area contributed by atoms with Crippen LogP contribution >= 0.6 is 0 Å². The van der Waals surface area contributed by atoms with E-state index in [9.17, 15) is 15.2 Å². The molecule has 0 radical (unpaired) electrons. The van der Waals surface area contributed by atoms with Gasteiger partial charge in [0.05, 0.1) is 0 Å². The maximum Gasteiger partial charge on any atom is 0.294 e. The van der Waals surface area contributed by atoms with E-state index < -0.39 is 11.2 Å². The van der Waals surface area contributed by atoms with Crippen LogP contribution in [0.5, 0.6) is 11.5 Å². The van der Waals surface area contributed by atoms with Crippen molar-refractivity contribution in [1.29, 1.82) is 0 Å². The molecule has 0 aromatic heterocycles. The van der Waals surface area contributed by atoms with E-state index in [0.717, 1.165) is 0 Å². The summed E-state index contributed by atoms with van der Waals surface area (Å²) in [5.41, 5.74) is 0. The second kappa shape index (κ2) is 9.80. The molecular weight excluding hydrogens is 292 g/mol. The number of hydrogen-bond acceptors (Lipinski definition) is 7. The summed E-state index contributed by atoms with van der Waals surface area (Å²) in [7, 11) is 0. The van der Waals surface area contributed by atoms with Gasteiger partial charge in [0.25, 0.3) is 5.09 Å². The highest BCUT2D eigenvalue weighted by Gasteiger charge is 2.09. The number of ether oxygens (including phenoxy) is 2. The molecule has 22 heavy (non-hydrogen) atoms. The van der Waals surface area contributed by atoms with Gasteiger partial charge in [-0.1, -0.05) is 26.0 Å². The topological polar surface area (TPSA) is 103 Å². The molecule has 1 aromatic rings. The Bertz CT molecular complexity index is 455. The van der Waals surface area contributed by atoms with Gasteiger partial charge in [0.15, 0.2) is 11.5 Å². The van der Waals surface area contributed by atoms with Crippen LogP contribution in [-0.4, -0.2) is 48.7 Å². The first-order valence-electron chi connectivity index (χ1n) is 7.02. The molecule has 0 fully saturated rings. The normalized spacial score (nSPS) is 12.0. The molecule has 0 saturated heterocycles. The lowest BCUT2D eigenvalue weighted by Crippen LogP contribution is -2.35. The van der Waals surface area contributed by atoms with Crippen LogP contribution in [0.1, 0.15) is 13.8 Å². The maximum atomic E-state index is 10.0. The number of para-hydroxylation sites is 2. The minimum absolute atomic E-state index is 0.0266. The Labute approximate surface area is 129 Å². The minimum atomic E-state index is -0.871. The molecule has 0 aliphatic carbocycles. The molecule has 8 nitrogen and oxygen atoms in total. The van der Waals surface area contributed by atoms with Crippen LogP contribution in [0.25, 0.3) is 0 Å². The fraction of sp³-hybridized carbons (Fsp3) is 0.571. The highest BCUT2D eigenvalue weighted by atomic mass is 17.0. The summed E-state index contributed by atoms with van der Waals surface area (Å²) in [4.78, 5) is 14.2. The van der Waals surface area contributed by atoms with Crippen molar-refractivity contribution in [3.8, 4) is 11.5 Å². The van der Waals surface area contributed by atoms with E-state index in [0.29, 0.717) is 18.0 Å². The van der Waals surface area contributed by atoms with Crippen molar-refractivity contribution in [2.45, 2.75) is 26.0 Å². The lowest BCUT2D eigenvalue weighted by Gasteiger charge is -2.16. The Kier molecular flexibility index (Phi) is 8.01. The Morgan fingerprint density at radius 1 is 1.23 bits per heavy atom. The van der Waals surface area contributed by atoms with Crippen molar-refractivity contribution >= 4 is 0 Å². The number of aliphatic hydroxyl groups excluding tert-OH is 1. The van der Waals surface area contributed by atoms with Crippen LogP contribution in [0, 0.1) is 10.1 Å². The van der Waals surface area contributed by atoms with Crippen LogP contribution < -0.4 is 14.8 Å². The van der Waals surface area contributed by atoms with Crippen molar-refractivity contribution in [2.75, 3.05) is 26.4 Å². The zero-order valence-electron chi connectivity index (χ0n) is 12.7. The highest BCUT2D eigenvalue weighted by molar-refractivity contribution is 5.39. The summed E-state index contributed by atoms with van der Waals surface area (Å²) in [6.45, 7) is 4.39. The molecule has 124 valence electrons. The van der Waals surface area contributed by atoms with Gasteiger partial charge in [-0.05, 0) is 12.1 Å². The number of nitrogens with one attached hydrogen (secondary N) is 1. The third-order valence-electron chi connectivity index (χ3n) is 2.58. The lowest BCUT2D eigenvalue weighted by atomic mass is 10.3. The summed E-state index contributed by atoms with van der Waals surface area (Å²) in [6, 6.07) is 7.20. The molecule has 1 unspecified atom stereocenters. The molecule has 0 spiro atoms. The predicted molar refractivity (Wildman–Crippen MR) is 79.5 cm³/mol. The number of hydrogen-bond donors (Lipinski definition) is 2. The number of rotatable bonds is 11. The molecule has 8 heteroatoms. The average Bonchev–Trinajstić information content (AvgIpc) is 2.48. The Balaban J connectivity index is 2.41. The second-order valence-corrected chi connectivity index (χ2v) is 4.88. The minimum Gasteiger partial charge on any atom is -0.488 e. The van der Waals surface area contributed by atoms with Gasteiger partial charge in [0, 0.05) is 12.6 Å². The summed E-state index contributed by atoms with van der Waals surface area (Å²) in [5, 5.41) is 22.1. The van der Waals surface area contributed by atoms with Gasteiger partial charge in [-0.3, -0.25) is 0 Å². The summed E-state index contributed by atoms with van der Waals surface area (Å²) < 4.78 is 10.9. The van der Waals surface area contributed by atoms with Crippen LogP contribution in [-0.2, 0) is 4.84 Å². The van der Waals surface area contributed by atoms with Gasteiger partial charge in [-0.2, -0.15) is 0 Å². The number of benzene rings is 1. The molecule has 1 rings (SSSR count). The van der Waals surface area contributed by atoms with Crippen molar-refractivity contribution in [2.24, 2.45) is 0 Å². The molecule has 2 N–H and O–H groups in total. The zero-order chi connectivity index (χ0) is 16.4. The van der Waals surface area contributed by atoms with E-state index in [1.807, 2.05) is 13.8 Å². The van der Waals surface area contributed by atoms with E-state index in [-0.39, 0.29) is 25.9 Å². The predicted octanol–water partition coefficient (Wildman–Crippen LogP) is 1.01. The van der Waals surface area contributed by atoms with Crippen molar-refractivity contribution in [1.82, 2.24) is 5.32 Å². The fourth-order valence-electron chi connectivity index (χ4n) is 1.57. The van der Waals surface area contributed by atoms with Gasteiger partial charge < -0.3 is 24.7 Å². The third-order valence-corrected chi connectivity index (χ3v) is 2.58. The van der Waals surface area contributed by atoms with Crippen molar-refractivity contribution < 1.29 is 24.5 Å². The van der Waals surface area contributed by atoms with E-state index in [2.05, 4.69) is 10.2 Å². The molecule has 0 amide bonds. The lowest BCUT2D eigenvalue weighted by molar-refractivity contribution is -0.757. The van der Waals surface area contributed by atoms with Gasteiger partial charge in [-0.25, -0.2) is 0 Å². The number of nitrogens with zero attached hydrogens (tertiary/aromatic N) is 1. The summed E-state index contributed by atoms with van der Waals surface area (Å²) >= 11 is 0. The molecule has 1 aromatic carbocycles. The van der Waals surface area contributed by atoms with Crippen LogP contribution in [0.3, 0.4) is 0 Å². The summed E-state index contributed by atoms with van der Waals surface area (Å²) in [6.07, 6.45) is -0.645. The van der Waals surface area contributed by atoms with Crippen molar-refractivity contribution in [3.63, 3.8) is 0 Å². The third kappa shape index (κ3) is 7.65. The largest absolute Gasteiger partial charge is 0.488 e. The van der Waals surface area contributed by atoms with Crippen LogP contribution in [0.2, 0.25) is 0 Å². The van der Waals surface area contributed by atoms with Crippen LogP contribution in [0.15, 0.2) is 24.3 Å². The smallest absolute Gasteiger partial charge is 0.294 e. The highest BCUT2D eigenvalue weighted by Crippen LogP contribution is 2.26. The first-order chi connectivity index (χ1) is 10.5. The van der Waals surface area contributed by atoms with Gasteiger partial charge in [-0.15, -0.1) is 10.1 Å². The van der Waals surface area contributed by atoms with Gasteiger partial charge in [0.2, 0.25) is 0 Å². The Hall–Kier alpha value is -2.06. The Morgan fingerprint density at radius 2 is 1.86 bits per heavy atom. The van der Waals surface area contributed by atoms with Gasteiger partial charge >= 0.3 is 0 Å². The van der Waals surface area contributed by atoms with E-state index >= 15 is 0 Å². The molecular formula is C14H22N2O6. The molecule has 1 atom stereocenters. The SMILES string of the molecule is CC(C)NCC(O)COc1ccccc1OCCO[N+](=O)[O-]. The number of aliphatic hydroxyl groups is 1. The Morgan fingerprint density at radius 3 is 2.45 bits per heavy atom. The van der Waals surface area contributed by atoms with Crippen molar-refractivity contribution in [3.05, 3.63) is 34.4 Å². The van der Waals surface area contributed by atoms with Crippen LogP contribution in [0.4, 0.5) is 0 Å². The average molecular weight is 314 g/mol. The zero-order valence-corrected chi connectivity index (χ0v) is 12.7. The quantitative estimate of drug-likeness (QED) is 0.357. The second-order valence-electron chi connectivity index (χ2n) is 4.88. The van der Waals surface area contributed by atoms with E-state index in [1.54, 1.807) is 24.3 Å². The first-order valence-corrected chi connectivity index (χ1v) is 7.02. The molecule has 0 heterocycles. The molecule has 0 aliphatic heterocycles. The first kappa shape index (κ1) is 18.0. The maximum absolute atomic E-state index is 10.0. The van der Waals surface area contributed by atoms with E-state index in [1.165, 1.54) is 0 Å².